The number of allylic oxidation sites excluding steroid dienone is 1. The topological polar surface area (TPSA) is 76.7 Å². The molecule has 1 aliphatic rings. The molecule has 0 aliphatic carbocycles. The number of ether oxygens (including phenoxy) is 2. The first kappa shape index (κ1) is 18.3. The van der Waals surface area contributed by atoms with E-state index in [1.54, 1.807) is 20.1 Å². The molecule has 2 atom stereocenters. The molecule has 2 rings (SSSR count). The number of nitrogens with one attached hydrogen (secondary N) is 2. The second-order valence-corrected chi connectivity index (χ2v) is 6.50. The zero-order valence-electron chi connectivity index (χ0n) is 14.1. The van der Waals surface area contributed by atoms with Crippen molar-refractivity contribution in [2.45, 2.75) is 39.3 Å². The SMILES string of the molecule is CC[C@H](C)OC(=O)C1=C(C)NC(=O)N[C@@H]1c1cc(Br)ccc1OC. The van der Waals surface area contributed by atoms with Crippen LogP contribution in [-0.4, -0.2) is 25.2 Å². The van der Waals surface area contributed by atoms with Gasteiger partial charge in [0.25, 0.3) is 0 Å². The number of esters is 1. The zero-order valence-corrected chi connectivity index (χ0v) is 15.7. The Morgan fingerprint density at radius 3 is 2.75 bits per heavy atom. The van der Waals surface area contributed by atoms with Crippen molar-refractivity contribution >= 4 is 27.9 Å². The molecule has 0 bridgehead atoms. The number of carbonyl (C=O) groups excluding carboxylic acids is 2. The standard InChI is InChI=1S/C17H21BrN2O4/c1-5-9(2)24-16(21)14-10(3)19-17(22)20-15(14)12-8-11(18)6-7-13(12)23-4/h6-9,15H,5H2,1-4H3,(H2,19,20,22)/t9-,15+/m0/s1. The van der Waals surface area contributed by atoms with Gasteiger partial charge in [-0.3, -0.25) is 0 Å². The summed E-state index contributed by atoms with van der Waals surface area (Å²) in [5.74, 6) is 0.119. The van der Waals surface area contributed by atoms with E-state index in [0.29, 0.717) is 29.0 Å². The van der Waals surface area contributed by atoms with Crippen molar-refractivity contribution in [2.24, 2.45) is 0 Å². The van der Waals surface area contributed by atoms with Gasteiger partial charge in [0.05, 0.1) is 24.8 Å². The third kappa shape index (κ3) is 3.90. The summed E-state index contributed by atoms with van der Waals surface area (Å²) in [6.45, 7) is 5.45. The van der Waals surface area contributed by atoms with Gasteiger partial charge in [-0.2, -0.15) is 0 Å². The van der Waals surface area contributed by atoms with Crippen LogP contribution in [0.4, 0.5) is 4.79 Å². The lowest BCUT2D eigenvalue weighted by atomic mass is 9.95. The van der Waals surface area contributed by atoms with Crippen LogP contribution in [0.5, 0.6) is 5.75 Å². The molecule has 0 unspecified atom stereocenters. The Bertz CT molecular complexity index is 687. The molecule has 1 aromatic carbocycles. The Kier molecular flexibility index (Phi) is 5.88. The highest BCUT2D eigenvalue weighted by Gasteiger charge is 2.34. The molecule has 0 aromatic heterocycles. The fraction of sp³-hybridized carbons (Fsp3) is 0.412. The summed E-state index contributed by atoms with van der Waals surface area (Å²) < 4.78 is 11.7. The molecule has 2 N–H and O–H groups in total. The van der Waals surface area contributed by atoms with Crippen LogP contribution < -0.4 is 15.4 Å². The van der Waals surface area contributed by atoms with Gasteiger partial charge in [-0.25, -0.2) is 9.59 Å². The van der Waals surface area contributed by atoms with Gasteiger partial charge >= 0.3 is 12.0 Å². The van der Waals surface area contributed by atoms with E-state index in [9.17, 15) is 9.59 Å². The monoisotopic (exact) mass is 396 g/mol. The molecule has 24 heavy (non-hydrogen) atoms. The van der Waals surface area contributed by atoms with E-state index in [1.807, 2.05) is 26.0 Å². The summed E-state index contributed by atoms with van der Waals surface area (Å²) in [5.41, 5.74) is 1.52. The van der Waals surface area contributed by atoms with E-state index in [2.05, 4.69) is 26.6 Å². The highest BCUT2D eigenvalue weighted by atomic mass is 79.9. The zero-order chi connectivity index (χ0) is 17.9. The molecule has 0 fully saturated rings. The Morgan fingerprint density at radius 1 is 1.42 bits per heavy atom. The summed E-state index contributed by atoms with van der Waals surface area (Å²) in [4.78, 5) is 24.6. The van der Waals surface area contributed by atoms with E-state index in [0.717, 1.165) is 4.47 Å². The number of halogens is 1. The number of hydrogen-bond acceptors (Lipinski definition) is 4. The molecule has 1 aromatic rings. The molecule has 6 nitrogen and oxygen atoms in total. The predicted molar refractivity (Wildman–Crippen MR) is 93.6 cm³/mol. The van der Waals surface area contributed by atoms with E-state index in [4.69, 9.17) is 9.47 Å². The first-order valence-electron chi connectivity index (χ1n) is 7.70. The van der Waals surface area contributed by atoms with Crippen molar-refractivity contribution in [2.75, 3.05) is 7.11 Å². The van der Waals surface area contributed by atoms with E-state index in [-0.39, 0.29) is 12.1 Å². The first-order chi connectivity index (χ1) is 11.4. The number of urea groups is 1. The van der Waals surface area contributed by atoms with Crippen molar-refractivity contribution in [3.63, 3.8) is 0 Å². The van der Waals surface area contributed by atoms with Gasteiger partial charge in [0, 0.05) is 15.7 Å². The minimum Gasteiger partial charge on any atom is -0.496 e. The van der Waals surface area contributed by atoms with Crippen LogP contribution in [0.3, 0.4) is 0 Å². The summed E-state index contributed by atoms with van der Waals surface area (Å²) in [7, 11) is 1.54. The molecule has 0 saturated carbocycles. The van der Waals surface area contributed by atoms with Gasteiger partial charge in [0.2, 0.25) is 0 Å². The van der Waals surface area contributed by atoms with Crippen molar-refractivity contribution in [1.82, 2.24) is 10.6 Å². The Labute approximate surface area is 149 Å². The third-order valence-corrected chi connectivity index (χ3v) is 4.37. The van der Waals surface area contributed by atoms with Gasteiger partial charge in [-0.15, -0.1) is 0 Å². The highest BCUT2D eigenvalue weighted by molar-refractivity contribution is 9.10. The molecule has 0 saturated heterocycles. The molecule has 0 spiro atoms. The smallest absolute Gasteiger partial charge is 0.338 e. The second kappa shape index (κ2) is 7.70. The molecule has 1 aliphatic heterocycles. The number of methoxy groups -OCH3 is 1. The van der Waals surface area contributed by atoms with Gasteiger partial charge in [0.1, 0.15) is 5.75 Å². The lowest BCUT2D eigenvalue weighted by Crippen LogP contribution is -2.45. The third-order valence-electron chi connectivity index (χ3n) is 3.87. The van der Waals surface area contributed by atoms with Crippen molar-refractivity contribution in [3.8, 4) is 5.75 Å². The van der Waals surface area contributed by atoms with Crippen LogP contribution in [0.25, 0.3) is 0 Å². The first-order valence-corrected chi connectivity index (χ1v) is 8.49. The fourth-order valence-electron chi connectivity index (χ4n) is 2.46. The van der Waals surface area contributed by atoms with Crippen LogP contribution in [0.15, 0.2) is 33.9 Å². The average molecular weight is 397 g/mol. The number of hydrogen-bond donors (Lipinski definition) is 2. The molecular formula is C17H21BrN2O4. The fourth-order valence-corrected chi connectivity index (χ4v) is 2.84. The molecule has 0 radical (unpaired) electrons. The number of amides is 2. The predicted octanol–water partition coefficient (Wildman–Crippen LogP) is 3.43. The van der Waals surface area contributed by atoms with E-state index in [1.165, 1.54) is 0 Å². The van der Waals surface area contributed by atoms with Crippen LogP contribution in [0, 0.1) is 0 Å². The van der Waals surface area contributed by atoms with Crippen LogP contribution in [0.1, 0.15) is 38.8 Å². The Balaban J connectivity index is 2.49. The highest BCUT2D eigenvalue weighted by Crippen LogP contribution is 2.35. The number of carbonyl (C=O) groups is 2. The van der Waals surface area contributed by atoms with Gasteiger partial charge in [-0.05, 0) is 38.5 Å². The molecule has 7 heteroatoms. The van der Waals surface area contributed by atoms with Crippen molar-refractivity contribution in [3.05, 3.63) is 39.5 Å². The maximum Gasteiger partial charge on any atom is 0.338 e. The lowest BCUT2D eigenvalue weighted by Gasteiger charge is -2.29. The minimum absolute atomic E-state index is 0.208. The Morgan fingerprint density at radius 2 is 2.12 bits per heavy atom. The normalized spacial score (nSPS) is 18.5. The summed E-state index contributed by atoms with van der Waals surface area (Å²) in [6, 6.07) is 4.40. The molecular weight excluding hydrogens is 376 g/mol. The van der Waals surface area contributed by atoms with Gasteiger partial charge in [0.15, 0.2) is 0 Å². The van der Waals surface area contributed by atoms with Gasteiger partial charge < -0.3 is 20.1 Å². The summed E-state index contributed by atoms with van der Waals surface area (Å²) in [5, 5.41) is 5.41. The Hall–Kier alpha value is -2.02. The summed E-state index contributed by atoms with van der Waals surface area (Å²) in [6.07, 6.45) is 0.503. The quantitative estimate of drug-likeness (QED) is 0.747. The van der Waals surface area contributed by atoms with Crippen molar-refractivity contribution < 1.29 is 19.1 Å². The van der Waals surface area contributed by atoms with Crippen LogP contribution >= 0.6 is 15.9 Å². The number of rotatable bonds is 5. The lowest BCUT2D eigenvalue weighted by molar-refractivity contribution is -0.144. The largest absolute Gasteiger partial charge is 0.496 e. The van der Waals surface area contributed by atoms with Crippen LogP contribution in [0.2, 0.25) is 0 Å². The van der Waals surface area contributed by atoms with Gasteiger partial charge in [-0.1, -0.05) is 22.9 Å². The maximum atomic E-state index is 12.6. The summed E-state index contributed by atoms with van der Waals surface area (Å²) >= 11 is 3.41. The second-order valence-electron chi connectivity index (χ2n) is 5.58. The average Bonchev–Trinajstić information content (AvgIpc) is 2.53. The molecule has 1 heterocycles. The van der Waals surface area contributed by atoms with E-state index < -0.39 is 12.0 Å². The van der Waals surface area contributed by atoms with Crippen molar-refractivity contribution in [1.29, 1.82) is 0 Å². The minimum atomic E-state index is -0.650. The molecule has 130 valence electrons. The maximum absolute atomic E-state index is 12.6. The molecule has 2 amide bonds. The van der Waals surface area contributed by atoms with Crippen LogP contribution in [-0.2, 0) is 9.53 Å². The van der Waals surface area contributed by atoms with E-state index >= 15 is 0 Å². The number of benzene rings is 1.